The van der Waals surface area contributed by atoms with Gasteiger partial charge < -0.3 is 0 Å². The minimum atomic E-state index is -2.48. The molecular weight excluding hydrogens is 1820 g/mol. The fraction of sp³-hybridized carbons (Fsp3) is 1.00. The third-order valence-electron chi connectivity index (χ3n) is 19.2. The second-order valence-electron chi connectivity index (χ2n) is 43.9. The van der Waals surface area contributed by atoms with Gasteiger partial charge in [-0.2, -0.15) is 0 Å². The number of hydrogen-bond donors (Lipinski definition) is 0. The summed E-state index contributed by atoms with van der Waals surface area (Å²) in [4.78, 5) is 0. The van der Waals surface area contributed by atoms with Gasteiger partial charge in [0.25, 0.3) is 0 Å². The Hall–Kier alpha value is -1.61. The van der Waals surface area contributed by atoms with Crippen molar-refractivity contribution in [3.8, 4) is 0 Å². The fourth-order valence-corrected chi connectivity index (χ4v) is 9.10. The molecule has 0 aromatic heterocycles. The highest BCUT2D eigenvalue weighted by Crippen LogP contribution is 2.30. The fourth-order valence-electron chi connectivity index (χ4n) is 9.10. The Kier molecular flexibility index (Phi) is 163. The topological polar surface area (TPSA) is 0 Å². The lowest BCUT2D eigenvalue weighted by molar-refractivity contribution is -0.0526. The summed E-state index contributed by atoms with van der Waals surface area (Å²) in [7, 11) is 0. The number of hydrogen-bond acceptors (Lipinski definition) is 0. The summed E-state index contributed by atoms with van der Waals surface area (Å²) in [6.45, 7) is 91.8. The molecule has 0 nitrogen and oxygen atoms in total. The van der Waals surface area contributed by atoms with Crippen LogP contribution in [0.25, 0.3) is 0 Å². The molecule has 0 heterocycles. The van der Waals surface area contributed by atoms with E-state index >= 15 is 0 Å². The average Bonchev–Trinajstić information content (AvgIpc) is 0.950. The Morgan fingerprint density at radius 1 is 0.232 bits per heavy atom. The molecule has 0 bridgehead atoms. The first-order chi connectivity index (χ1) is 61.8. The summed E-state index contributed by atoms with van der Waals surface area (Å²) in [5, 5.41) is 0. The molecule has 0 aromatic carbocycles. The summed E-state index contributed by atoms with van der Waals surface area (Å²) < 4.78 is 275. The number of unbranched alkanes of at least 4 members (excludes halogenated alkanes) is 2. The molecule has 0 spiro atoms. The molecule has 0 amide bonds. The van der Waals surface area contributed by atoms with Crippen molar-refractivity contribution in [2.24, 2.45) is 107 Å². The lowest BCUT2D eigenvalue weighted by Crippen LogP contribution is -2.22. The standard InChI is InChI=1S/4C7H14F2.4C7H15F.C7H16.3C6H12F2.3C6H13F.2C5H11F.C5H12.CH4/c1-6(2)4-5-7(3,8)9;1-6(2)4-3-5-7(8)9;1-4-7(8,9)5-6(2)3;1-4-5-7(8,9)6(2)3;1-6(2)4-5-7(3)8;1-7(2)5-3-4-6-8;1-4-7(8)5-6(2)3;1-4-5-7(8)6(2)3;1-4-5-6-7(2)3;1-5(2)4-6(3,7)8;1-5(2)3-4-6(7)8;1-4-6(7,8)5(2)3;1-5(2)4-6(3)7;1-6(2)4-3-5-7;1-4-6(7)5(2)3;1-5(2)3-4-6;1-4(2)5(3)6;1-4-5(2)3;/h6H,4-5H2,1-3H3;6-7H,3-5H2,1-2H3;2*6H,4-5H2,1-3H3;6-7H,4-5H2,1-3H3;7H,3-6H2,1-2H3;2*6-7H,4-5H2,1-3H3;7H,4-6H2,1-3H3;5H,4H2,1-3H3;5-6H,3-4H2,1-2H3;5H,4H2,1-3H3;5-6H,4H2,1-3H3;6H,3-5H2,1-2H3;5-6H,4H2,1-3H3;5H,3-4H2,1-2H3;4-5H,1-3H3;5H,4H2,1-3H3;1H4. The maximum atomic E-state index is 12.5. The summed E-state index contributed by atoms with van der Waals surface area (Å²) >= 11 is 0. The first-order valence-corrected chi connectivity index (χ1v) is 53.8. The Morgan fingerprint density at radius 2 is 0.565 bits per heavy atom. The van der Waals surface area contributed by atoms with Crippen LogP contribution >= 0.6 is 0 Å². The van der Waals surface area contributed by atoms with Gasteiger partial charge >= 0.3 is 0 Å². The van der Waals surface area contributed by atoms with Gasteiger partial charge in [0.1, 0.15) is 18.5 Å². The van der Waals surface area contributed by atoms with Crippen molar-refractivity contribution in [1.82, 2.24) is 0 Å². The monoisotopic (exact) mass is 2060 g/mol. The Labute approximate surface area is 848 Å². The van der Waals surface area contributed by atoms with Crippen molar-refractivity contribution in [2.45, 2.75) is 625 Å². The van der Waals surface area contributed by atoms with Crippen molar-refractivity contribution >= 4 is 0 Å². The smallest absolute Gasteiger partial charge is 0.250 e. The van der Waals surface area contributed by atoms with Crippen LogP contribution in [0.1, 0.15) is 546 Å². The molecule has 6 unspecified atom stereocenters. The Balaban J connectivity index is -0.0000000640. The van der Waals surface area contributed by atoms with Crippen LogP contribution in [0.5, 0.6) is 0 Å². The van der Waals surface area contributed by atoms with Crippen LogP contribution in [-0.4, -0.2) is 99.5 Å². The lowest BCUT2D eigenvalue weighted by Gasteiger charge is -2.18. The quantitative estimate of drug-likeness (QED) is 0.0421. The molecule has 866 valence electrons. The van der Waals surface area contributed by atoms with Crippen molar-refractivity contribution in [3.63, 3.8) is 0 Å². The molecule has 0 radical (unpaired) electrons. The molecule has 138 heavy (non-hydrogen) atoms. The van der Waals surface area contributed by atoms with Gasteiger partial charge in [-0.15, -0.1) is 0 Å². The second-order valence-corrected chi connectivity index (χ2v) is 43.9. The first-order valence-electron chi connectivity index (χ1n) is 53.8. The van der Waals surface area contributed by atoms with Crippen LogP contribution in [0, 0.1) is 107 Å². The number of halogens is 23. The molecule has 0 saturated carbocycles. The molecule has 0 aliphatic carbocycles. The number of alkyl halides is 23. The van der Waals surface area contributed by atoms with Gasteiger partial charge in [0.15, 0.2) is 0 Å². The van der Waals surface area contributed by atoms with Crippen LogP contribution in [-0.2, 0) is 0 Å². The highest BCUT2D eigenvalue weighted by atomic mass is 19.3. The molecule has 0 aromatic rings. The average molecular weight is 2070 g/mol. The Morgan fingerprint density at radius 3 is 0.674 bits per heavy atom. The van der Waals surface area contributed by atoms with Gasteiger partial charge in [-0.05, 0) is 219 Å². The van der Waals surface area contributed by atoms with Gasteiger partial charge in [0.2, 0.25) is 42.5 Å². The van der Waals surface area contributed by atoms with Gasteiger partial charge in [-0.25, -0.2) is 87.8 Å². The molecule has 0 aliphatic heterocycles. The SMILES string of the molecule is C.CC(C)C(C)F.CC(C)CC(C)(F)F.CC(C)CC(C)F.CC(C)CCC(C)(F)F.CC(C)CCC(C)F.CC(C)CCC(F)F.CC(C)CCCC(F)F.CC(C)CCCCF.CC(C)CCCF.CC(C)CCF.CCC(C)C.CCC(F)(F)C(C)C.CCC(F)(F)CC(C)C.CCC(F)C(C)C.CCC(F)CC(C)C.CCCC(F)(F)C(C)C.CCCC(F)C(C)C.CCCCC(C)C. The van der Waals surface area contributed by atoms with E-state index in [1.165, 1.54) is 59.8 Å². The van der Waals surface area contributed by atoms with E-state index in [1.807, 2.05) is 159 Å². The van der Waals surface area contributed by atoms with Crippen molar-refractivity contribution in [1.29, 1.82) is 0 Å². The van der Waals surface area contributed by atoms with Crippen molar-refractivity contribution in [2.75, 3.05) is 20.0 Å². The summed E-state index contributed by atoms with van der Waals surface area (Å²) in [5.74, 6) is -5.84. The number of rotatable bonds is 47. The summed E-state index contributed by atoms with van der Waals surface area (Å²) in [6.07, 6.45) is 12.6. The highest BCUT2D eigenvalue weighted by Gasteiger charge is 2.32. The van der Waals surface area contributed by atoms with E-state index in [9.17, 15) is 101 Å². The molecule has 0 aliphatic rings. The zero-order valence-corrected chi connectivity index (χ0v) is 99.2. The molecule has 0 saturated heterocycles. The molecule has 0 N–H and O–H groups in total. The minimum absolute atomic E-state index is 0. The normalized spacial score (nSPS) is 12.5. The largest absolute Gasteiger partial charge is 0.251 e. The van der Waals surface area contributed by atoms with E-state index in [0.717, 1.165) is 95.8 Å². The van der Waals surface area contributed by atoms with E-state index in [4.69, 9.17) is 0 Å². The third kappa shape index (κ3) is 252. The lowest BCUT2D eigenvalue weighted by atomic mass is 10.0. The molecule has 23 heteroatoms. The van der Waals surface area contributed by atoms with Gasteiger partial charge in [-0.1, -0.05) is 370 Å². The van der Waals surface area contributed by atoms with E-state index < -0.39 is 91.3 Å². The maximum Gasteiger partial charge on any atom is 0.250 e. The van der Waals surface area contributed by atoms with Gasteiger partial charge in [0, 0.05) is 63.2 Å². The van der Waals surface area contributed by atoms with Crippen molar-refractivity contribution < 1.29 is 101 Å². The minimum Gasteiger partial charge on any atom is -0.251 e. The maximum absolute atomic E-state index is 12.5. The molecule has 0 rings (SSSR count). The molecular formula is C115H245F23. The molecule has 0 fully saturated rings. The van der Waals surface area contributed by atoms with E-state index in [0.29, 0.717) is 98.7 Å². The van der Waals surface area contributed by atoms with Crippen LogP contribution in [0.15, 0.2) is 0 Å². The Bertz CT molecular complexity index is 1980. The van der Waals surface area contributed by atoms with Gasteiger partial charge in [0.05, 0.1) is 38.5 Å². The van der Waals surface area contributed by atoms with Crippen LogP contribution in [0.2, 0.25) is 0 Å². The predicted molar refractivity (Wildman–Crippen MR) is 575 cm³/mol. The zero-order chi connectivity index (χ0) is 114. The van der Waals surface area contributed by atoms with Crippen LogP contribution in [0.4, 0.5) is 101 Å². The highest BCUT2D eigenvalue weighted by molar-refractivity contribution is 4.70. The van der Waals surface area contributed by atoms with E-state index in [1.54, 1.807) is 55.4 Å². The van der Waals surface area contributed by atoms with E-state index in [-0.39, 0.29) is 108 Å². The van der Waals surface area contributed by atoms with Crippen LogP contribution in [0.3, 0.4) is 0 Å². The van der Waals surface area contributed by atoms with E-state index in [2.05, 4.69) is 83.1 Å². The zero-order valence-electron chi connectivity index (χ0n) is 99.2. The third-order valence-corrected chi connectivity index (χ3v) is 19.2. The summed E-state index contributed by atoms with van der Waals surface area (Å²) in [6, 6.07) is 0. The van der Waals surface area contributed by atoms with Gasteiger partial charge in [-0.3, -0.25) is 13.2 Å². The van der Waals surface area contributed by atoms with Crippen LogP contribution < -0.4 is 0 Å². The first kappa shape index (κ1) is 181. The van der Waals surface area contributed by atoms with Crippen molar-refractivity contribution in [3.05, 3.63) is 0 Å². The predicted octanol–water partition coefficient (Wildman–Crippen LogP) is 48.2. The second kappa shape index (κ2) is 124. The molecule has 6 atom stereocenters. The summed E-state index contributed by atoms with van der Waals surface area (Å²) in [5.41, 5.74) is 0.